The van der Waals surface area contributed by atoms with Gasteiger partial charge in [0.1, 0.15) is 12.1 Å². The van der Waals surface area contributed by atoms with E-state index in [1.807, 2.05) is 31.3 Å². The molecule has 0 radical (unpaired) electrons. The number of rotatable bonds is 2. The first-order chi connectivity index (χ1) is 11.2. The molecule has 0 saturated carbocycles. The molecular weight excluding hydrogens is 354 g/mol. The second-order valence-corrected chi connectivity index (χ2v) is 6.25. The van der Waals surface area contributed by atoms with Crippen LogP contribution in [0.5, 0.6) is 5.75 Å². The van der Waals surface area contributed by atoms with Crippen molar-refractivity contribution < 1.29 is 4.74 Å². The molecule has 23 heavy (non-hydrogen) atoms. The summed E-state index contributed by atoms with van der Waals surface area (Å²) in [6, 6.07) is 12.3. The zero-order valence-corrected chi connectivity index (χ0v) is 14.3. The van der Waals surface area contributed by atoms with E-state index in [0.29, 0.717) is 0 Å². The molecule has 0 unspecified atom stereocenters. The van der Waals surface area contributed by atoms with Gasteiger partial charge in [0.2, 0.25) is 0 Å². The summed E-state index contributed by atoms with van der Waals surface area (Å²) >= 11 is 3.55. The lowest BCUT2D eigenvalue weighted by Crippen LogP contribution is -1.91. The standard InChI is InChI=1S/C18H14BrN3O/c1-22-9-13(11-5-3-4-6-16(11)22)18-12-7-14(19)17(23-2)8-15(12)20-10-21-18/h3-10H,1-2H3. The summed E-state index contributed by atoms with van der Waals surface area (Å²) in [6.45, 7) is 0. The fourth-order valence-corrected chi connectivity index (χ4v) is 3.46. The lowest BCUT2D eigenvalue weighted by molar-refractivity contribution is 0.412. The Morgan fingerprint density at radius 1 is 1.09 bits per heavy atom. The van der Waals surface area contributed by atoms with Crippen LogP contribution in [-0.4, -0.2) is 21.6 Å². The van der Waals surface area contributed by atoms with Gasteiger partial charge in [0.05, 0.1) is 22.8 Å². The van der Waals surface area contributed by atoms with Gasteiger partial charge < -0.3 is 9.30 Å². The van der Waals surface area contributed by atoms with Gasteiger partial charge in [0.15, 0.2) is 0 Å². The largest absolute Gasteiger partial charge is 0.495 e. The smallest absolute Gasteiger partial charge is 0.135 e. The number of aryl methyl sites for hydroxylation is 1. The van der Waals surface area contributed by atoms with Crippen LogP contribution in [0, 0.1) is 0 Å². The van der Waals surface area contributed by atoms with E-state index in [4.69, 9.17) is 4.74 Å². The molecule has 0 aliphatic rings. The van der Waals surface area contributed by atoms with Crippen LogP contribution in [-0.2, 0) is 7.05 Å². The minimum absolute atomic E-state index is 0.764. The van der Waals surface area contributed by atoms with Gasteiger partial charge in [0, 0.05) is 41.2 Å². The molecule has 0 aliphatic carbocycles. The first kappa shape index (κ1) is 14.2. The second-order valence-electron chi connectivity index (χ2n) is 5.40. The number of benzene rings is 2. The molecule has 0 bridgehead atoms. The molecule has 2 aromatic carbocycles. The number of hydrogen-bond donors (Lipinski definition) is 0. The van der Waals surface area contributed by atoms with Crippen LogP contribution in [0.4, 0.5) is 0 Å². The van der Waals surface area contributed by atoms with Crippen molar-refractivity contribution in [3.05, 3.63) is 53.4 Å². The minimum Gasteiger partial charge on any atom is -0.495 e. The maximum absolute atomic E-state index is 5.36. The van der Waals surface area contributed by atoms with Crippen LogP contribution in [0.2, 0.25) is 0 Å². The number of ether oxygens (including phenoxy) is 1. The molecule has 114 valence electrons. The molecule has 0 atom stereocenters. The molecule has 4 rings (SSSR count). The van der Waals surface area contributed by atoms with Crippen molar-refractivity contribution in [3.63, 3.8) is 0 Å². The van der Waals surface area contributed by atoms with E-state index in [1.54, 1.807) is 13.4 Å². The lowest BCUT2D eigenvalue weighted by Gasteiger charge is -2.08. The van der Waals surface area contributed by atoms with Crippen molar-refractivity contribution in [1.29, 1.82) is 0 Å². The van der Waals surface area contributed by atoms with Crippen molar-refractivity contribution in [1.82, 2.24) is 14.5 Å². The third-order valence-corrected chi connectivity index (χ3v) is 4.68. The number of nitrogens with zero attached hydrogens (tertiary/aromatic N) is 3. The van der Waals surface area contributed by atoms with Crippen LogP contribution >= 0.6 is 15.9 Å². The highest BCUT2D eigenvalue weighted by Gasteiger charge is 2.14. The third-order valence-electron chi connectivity index (χ3n) is 4.06. The molecule has 0 fully saturated rings. The van der Waals surface area contributed by atoms with Gasteiger partial charge in [-0.15, -0.1) is 0 Å². The molecule has 4 aromatic rings. The van der Waals surface area contributed by atoms with E-state index in [9.17, 15) is 0 Å². The topological polar surface area (TPSA) is 39.9 Å². The molecule has 2 heterocycles. The van der Waals surface area contributed by atoms with Crippen molar-refractivity contribution in [2.24, 2.45) is 7.05 Å². The Balaban J connectivity index is 2.07. The number of fused-ring (bicyclic) bond motifs is 2. The van der Waals surface area contributed by atoms with Gasteiger partial charge in [-0.3, -0.25) is 0 Å². The highest BCUT2D eigenvalue weighted by molar-refractivity contribution is 9.10. The van der Waals surface area contributed by atoms with Crippen LogP contribution in [0.1, 0.15) is 0 Å². The van der Waals surface area contributed by atoms with Gasteiger partial charge in [-0.2, -0.15) is 0 Å². The number of halogens is 1. The summed E-state index contributed by atoms with van der Waals surface area (Å²) in [5.41, 5.74) is 4.08. The van der Waals surface area contributed by atoms with E-state index in [-0.39, 0.29) is 0 Å². The summed E-state index contributed by atoms with van der Waals surface area (Å²) in [6.07, 6.45) is 3.72. The van der Waals surface area contributed by atoms with Crippen LogP contribution in [0.25, 0.3) is 33.1 Å². The number of hydrogen-bond acceptors (Lipinski definition) is 3. The van der Waals surface area contributed by atoms with E-state index >= 15 is 0 Å². The van der Waals surface area contributed by atoms with Crippen molar-refractivity contribution in [2.45, 2.75) is 0 Å². The van der Waals surface area contributed by atoms with Gasteiger partial charge in [-0.1, -0.05) is 18.2 Å². The summed E-state index contributed by atoms with van der Waals surface area (Å²) in [4.78, 5) is 8.94. The average molecular weight is 368 g/mol. The van der Waals surface area contributed by atoms with Crippen molar-refractivity contribution in [2.75, 3.05) is 7.11 Å². The SMILES string of the molecule is COc1cc2ncnc(-c3cn(C)c4ccccc34)c2cc1Br. The molecule has 4 nitrogen and oxygen atoms in total. The first-order valence-corrected chi connectivity index (χ1v) is 8.01. The molecular formula is C18H14BrN3O. The summed E-state index contributed by atoms with van der Waals surface area (Å²) in [7, 11) is 3.70. The Morgan fingerprint density at radius 3 is 2.74 bits per heavy atom. The maximum atomic E-state index is 5.36. The first-order valence-electron chi connectivity index (χ1n) is 7.21. The van der Waals surface area contributed by atoms with Crippen LogP contribution in [0.3, 0.4) is 0 Å². The number of para-hydroxylation sites is 1. The van der Waals surface area contributed by atoms with E-state index in [2.05, 4.69) is 48.8 Å². The lowest BCUT2D eigenvalue weighted by atomic mass is 10.1. The summed E-state index contributed by atoms with van der Waals surface area (Å²) < 4.78 is 8.38. The molecule has 0 amide bonds. The normalized spacial score (nSPS) is 11.3. The quantitative estimate of drug-likeness (QED) is 0.521. The van der Waals surface area contributed by atoms with E-state index < -0.39 is 0 Å². The molecule has 0 spiro atoms. The third kappa shape index (κ3) is 2.19. The molecule has 0 N–H and O–H groups in total. The highest BCUT2D eigenvalue weighted by atomic mass is 79.9. The molecule has 0 saturated heterocycles. The Labute approximate surface area is 141 Å². The van der Waals surface area contributed by atoms with Crippen LogP contribution in [0.15, 0.2) is 53.4 Å². The monoisotopic (exact) mass is 367 g/mol. The second kappa shape index (κ2) is 5.35. The number of aromatic nitrogens is 3. The van der Waals surface area contributed by atoms with Gasteiger partial charge in [-0.25, -0.2) is 9.97 Å². The Hall–Kier alpha value is -2.40. The average Bonchev–Trinajstić information content (AvgIpc) is 2.91. The molecule has 5 heteroatoms. The highest BCUT2D eigenvalue weighted by Crippen LogP contribution is 2.36. The Kier molecular flexibility index (Phi) is 3.31. The maximum Gasteiger partial charge on any atom is 0.135 e. The van der Waals surface area contributed by atoms with Crippen molar-refractivity contribution >= 4 is 37.7 Å². The minimum atomic E-state index is 0.764. The fourth-order valence-electron chi connectivity index (χ4n) is 2.96. The van der Waals surface area contributed by atoms with Gasteiger partial charge in [-0.05, 0) is 28.1 Å². The van der Waals surface area contributed by atoms with Crippen molar-refractivity contribution in [3.8, 4) is 17.0 Å². The Morgan fingerprint density at radius 2 is 1.91 bits per heavy atom. The predicted octanol–water partition coefficient (Wildman–Crippen LogP) is 4.56. The number of methoxy groups -OCH3 is 1. The predicted molar refractivity (Wildman–Crippen MR) is 95.7 cm³/mol. The molecule has 2 aromatic heterocycles. The van der Waals surface area contributed by atoms with E-state index in [1.165, 1.54) is 10.9 Å². The zero-order valence-electron chi connectivity index (χ0n) is 12.7. The van der Waals surface area contributed by atoms with E-state index in [0.717, 1.165) is 32.4 Å². The fraction of sp³-hybridized carbons (Fsp3) is 0.111. The van der Waals surface area contributed by atoms with Gasteiger partial charge in [0.25, 0.3) is 0 Å². The summed E-state index contributed by atoms with van der Waals surface area (Å²) in [5, 5.41) is 2.18. The Bertz CT molecular complexity index is 1040. The molecule has 0 aliphatic heterocycles. The van der Waals surface area contributed by atoms with Gasteiger partial charge >= 0.3 is 0 Å². The summed E-state index contributed by atoms with van der Waals surface area (Å²) in [5.74, 6) is 0.764. The van der Waals surface area contributed by atoms with Crippen LogP contribution < -0.4 is 4.74 Å². The zero-order chi connectivity index (χ0) is 16.0.